The number of allylic oxidation sites excluding steroid dienone is 8. The van der Waals surface area contributed by atoms with Crippen molar-refractivity contribution in [2.75, 3.05) is 12.6 Å². The van der Waals surface area contributed by atoms with E-state index in [1.807, 2.05) is 13.8 Å². The van der Waals surface area contributed by atoms with Gasteiger partial charge in [0.25, 0.3) is 0 Å². The zero-order valence-corrected chi connectivity index (χ0v) is 39.0. The fraction of sp³-hybridized carbons (Fsp3) is 0.735. The molecule has 11 nitrogen and oxygen atoms in total. The Kier molecular flexibility index (Phi) is 11.7. The summed E-state index contributed by atoms with van der Waals surface area (Å²) in [7, 11) is 0. The summed E-state index contributed by atoms with van der Waals surface area (Å²) in [4.78, 5) is 62.9. The highest BCUT2D eigenvalue weighted by molar-refractivity contribution is 8.13. The Hall–Kier alpha value is -3.02. The molecule has 6 saturated carbocycles. The number of aliphatic hydroxyl groups is 3. The van der Waals surface area contributed by atoms with Crippen LogP contribution in [0, 0.1) is 57.2 Å². The molecule has 358 valence electrons. The molecule has 0 radical (unpaired) electrons. The number of esters is 1. The van der Waals surface area contributed by atoms with Gasteiger partial charge in [-0.3, -0.25) is 24.0 Å². The lowest BCUT2D eigenvalue weighted by Gasteiger charge is -2.63. The van der Waals surface area contributed by atoms with Gasteiger partial charge in [-0.25, -0.2) is 17.6 Å². The topological polar surface area (TPSA) is 174 Å². The number of rotatable bonds is 6. The van der Waals surface area contributed by atoms with Gasteiger partial charge in [0, 0.05) is 45.8 Å². The second-order valence-electron chi connectivity index (χ2n) is 21.6. The van der Waals surface area contributed by atoms with Gasteiger partial charge in [0.05, 0.1) is 18.3 Å². The number of alkyl halides is 4. The minimum atomic E-state index is -2.30. The average Bonchev–Trinajstić information content (AvgIpc) is 3.74. The first-order valence-corrected chi connectivity index (χ1v) is 23.9. The van der Waals surface area contributed by atoms with Crippen molar-refractivity contribution in [1.29, 1.82) is 0 Å². The third kappa shape index (κ3) is 6.34. The number of carbonyl (C=O) groups excluding carboxylic acids is 5. The number of ketones is 3. The number of fused-ring (bicyclic) bond motifs is 12. The van der Waals surface area contributed by atoms with E-state index < -0.39 is 128 Å². The van der Waals surface area contributed by atoms with E-state index in [4.69, 9.17) is 14.2 Å². The highest BCUT2D eigenvalue weighted by atomic mass is 32.2. The van der Waals surface area contributed by atoms with Crippen LogP contribution in [0.4, 0.5) is 17.6 Å². The third-order valence-electron chi connectivity index (χ3n) is 18.2. The molecule has 65 heavy (non-hydrogen) atoms. The lowest BCUT2D eigenvalue weighted by atomic mass is 9.44. The Labute approximate surface area is 381 Å². The Morgan fingerprint density at radius 1 is 0.862 bits per heavy atom. The monoisotopic (exact) mass is 934 g/mol. The van der Waals surface area contributed by atoms with Gasteiger partial charge >= 0.3 is 5.97 Å². The molecule has 18 atom stereocenters. The third-order valence-corrected chi connectivity index (χ3v) is 18.9. The largest absolute Gasteiger partial charge is 0.449 e. The lowest BCUT2D eigenvalue weighted by molar-refractivity contribution is -0.228. The van der Waals surface area contributed by atoms with Crippen LogP contribution in [0.2, 0.25) is 0 Å². The standard InChI is InChI=1S/C25H31F3O5S.C24H31FO6/c1-5-20(31)33-25(21(32)34-12-26)13(2)8-15-16-10-18(27)17-9-14(29)6-7-22(17,3)24(16,28)19(30)11-23(15,25)4;1-21(2)30-19-9-14-13-8-16(25)15-7-12(27)5-6-22(15,3)20(13)17(28)10-23(14,4)24(19,31-21)18(29)11-26/h6-7,9,13,15-16,18-19,30H,5,8,10-12H2,1-4H3;5-7,13-14,16-17,19-20,26,28H,8-11H2,1-4H3/t13-,15+,16?,18+,19+,22+,23+,24+,25+;13-,14-,16-,17-,19+,20+,22-,23-,24+/m10/s1. The molecule has 7 fully saturated rings. The Bertz CT molecular complexity index is 2190. The number of halogens is 4. The molecule has 1 unspecified atom stereocenters. The van der Waals surface area contributed by atoms with Gasteiger partial charge in [0.2, 0.25) is 5.12 Å². The quantitative estimate of drug-likeness (QED) is 0.190. The fourth-order valence-corrected chi connectivity index (χ4v) is 16.5. The summed E-state index contributed by atoms with van der Waals surface area (Å²) in [6.45, 7) is 13.1. The molecule has 0 aromatic rings. The SMILES string of the molecule is CC1(C)O[C@@H]2C[C@H]3[C@@H]4C[C@H](F)C5=CC(=O)C=C[C@]5(C)[C@H]4[C@@H](O)C[C@]3(C)[C@]2(C(=O)CO)O1.CCC(=O)O[C@]1(C(=O)SCF)[C@H](C)C[C@H]2C3C[C@H](F)C4=CC(=O)C=C[C@]4(C)[C@@]3(F)[C@@H](O)C[C@@]21C. The van der Waals surface area contributed by atoms with Crippen molar-refractivity contribution in [2.45, 2.75) is 154 Å². The maximum Gasteiger partial charge on any atom is 0.306 e. The predicted molar refractivity (Wildman–Crippen MR) is 229 cm³/mol. The van der Waals surface area contributed by atoms with Crippen LogP contribution in [-0.4, -0.2) is 110 Å². The van der Waals surface area contributed by atoms with Crippen LogP contribution in [0.3, 0.4) is 0 Å². The Morgan fingerprint density at radius 3 is 2.12 bits per heavy atom. The maximum atomic E-state index is 17.2. The van der Waals surface area contributed by atoms with Crippen LogP contribution >= 0.6 is 11.8 Å². The molecule has 1 aliphatic heterocycles. The lowest BCUT2D eigenvalue weighted by Crippen LogP contribution is -2.70. The molecule has 0 amide bonds. The van der Waals surface area contributed by atoms with E-state index in [1.54, 1.807) is 40.7 Å². The highest BCUT2D eigenvalue weighted by Gasteiger charge is 2.79. The van der Waals surface area contributed by atoms with Gasteiger partial charge in [-0.15, -0.1) is 0 Å². The number of hydrogen-bond acceptors (Lipinski definition) is 12. The Balaban J connectivity index is 0.000000178. The first-order valence-electron chi connectivity index (χ1n) is 22.9. The summed E-state index contributed by atoms with van der Waals surface area (Å²) < 4.78 is 79.7. The first-order chi connectivity index (χ1) is 30.2. The van der Waals surface area contributed by atoms with Crippen molar-refractivity contribution in [1.82, 2.24) is 0 Å². The molecule has 0 spiro atoms. The van der Waals surface area contributed by atoms with Crippen molar-refractivity contribution in [2.24, 2.45) is 57.2 Å². The molecule has 3 N–H and O–H groups in total. The molecular formula is C49H62F4O11S. The number of thioether (sulfide) groups is 1. The average molecular weight is 935 g/mol. The number of ether oxygens (including phenoxy) is 3. The number of carbonyl (C=O) groups is 5. The van der Waals surface area contributed by atoms with Gasteiger partial charge in [-0.05, 0) is 124 Å². The minimum absolute atomic E-state index is 0.0141. The smallest absolute Gasteiger partial charge is 0.306 e. The molecule has 9 rings (SSSR count). The summed E-state index contributed by atoms with van der Waals surface area (Å²) in [5.41, 5.74) is -9.34. The number of aliphatic hydroxyl groups excluding tert-OH is 3. The fourth-order valence-electron chi connectivity index (χ4n) is 15.7. The summed E-state index contributed by atoms with van der Waals surface area (Å²) in [6.07, 6.45) is 3.06. The maximum absolute atomic E-state index is 17.2. The van der Waals surface area contributed by atoms with Crippen molar-refractivity contribution in [3.63, 3.8) is 0 Å². The van der Waals surface area contributed by atoms with Crippen molar-refractivity contribution in [3.05, 3.63) is 47.6 Å². The molecule has 0 bridgehead atoms. The van der Waals surface area contributed by atoms with E-state index in [-0.39, 0.29) is 67.6 Å². The molecule has 9 aliphatic rings. The van der Waals surface area contributed by atoms with Gasteiger partial charge < -0.3 is 29.5 Å². The van der Waals surface area contributed by atoms with Gasteiger partial charge in [0.15, 0.2) is 40.0 Å². The summed E-state index contributed by atoms with van der Waals surface area (Å²) in [6, 6.07) is -1.02. The van der Waals surface area contributed by atoms with E-state index in [0.29, 0.717) is 23.8 Å². The van der Waals surface area contributed by atoms with Crippen LogP contribution < -0.4 is 0 Å². The van der Waals surface area contributed by atoms with Crippen LogP contribution in [0.1, 0.15) is 100 Å². The predicted octanol–water partition coefficient (Wildman–Crippen LogP) is 6.70. The van der Waals surface area contributed by atoms with E-state index in [1.165, 1.54) is 31.2 Å². The summed E-state index contributed by atoms with van der Waals surface area (Å²) in [5.74, 6) is -5.57. The van der Waals surface area contributed by atoms with E-state index >= 15 is 13.2 Å². The molecule has 0 aromatic heterocycles. The second-order valence-corrected chi connectivity index (χ2v) is 22.4. The minimum Gasteiger partial charge on any atom is -0.449 e. The first kappa shape index (κ1) is 48.4. The van der Waals surface area contributed by atoms with Gasteiger partial charge in [-0.2, -0.15) is 0 Å². The normalized spacial score (nSPS) is 49.6. The van der Waals surface area contributed by atoms with E-state index in [2.05, 4.69) is 0 Å². The van der Waals surface area contributed by atoms with Crippen molar-refractivity contribution < 1.29 is 71.1 Å². The van der Waals surface area contributed by atoms with Crippen molar-refractivity contribution in [3.8, 4) is 0 Å². The van der Waals surface area contributed by atoms with Gasteiger partial charge in [0.1, 0.15) is 25.0 Å². The van der Waals surface area contributed by atoms with Crippen LogP contribution in [0.25, 0.3) is 0 Å². The summed E-state index contributed by atoms with van der Waals surface area (Å²) in [5, 5.41) is 32.0. The van der Waals surface area contributed by atoms with Crippen molar-refractivity contribution >= 4 is 40.2 Å². The highest BCUT2D eigenvalue weighted by Crippen LogP contribution is 2.73. The van der Waals surface area contributed by atoms with Crippen LogP contribution in [-0.2, 0) is 38.2 Å². The molecular weight excluding hydrogens is 873 g/mol. The molecule has 16 heteroatoms. The molecule has 8 aliphatic carbocycles. The molecule has 1 heterocycles. The summed E-state index contributed by atoms with van der Waals surface area (Å²) >= 11 is 0.396. The van der Waals surface area contributed by atoms with Gasteiger partial charge in [-0.1, -0.05) is 46.8 Å². The molecule has 0 aromatic carbocycles. The molecule has 1 saturated heterocycles. The number of Topliss-reactive ketones (excluding diaryl/α,β-unsaturated/α-hetero) is 1. The van der Waals surface area contributed by atoms with E-state index in [0.717, 1.165) is 6.08 Å². The zero-order valence-electron chi connectivity index (χ0n) is 38.2. The zero-order chi connectivity index (χ0) is 47.8. The van der Waals surface area contributed by atoms with Crippen LogP contribution in [0.15, 0.2) is 47.6 Å². The van der Waals surface area contributed by atoms with Crippen LogP contribution in [0.5, 0.6) is 0 Å². The Morgan fingerprint density at radius 2 is 1.49 bits per heavy atom. The van der Waals surface area contributed by atoms with E-state index in [9.17, 15) is 43.7 Å². The second kappa shape index (κ2) is 15.8. The number of hydrogen-bond donors (Lipinski definition) is 3.